The predicted octanol–water partition coefficient (Wildman–Crippen LogP) is 3.59. The zero-order chi connectivity index (χ0) is 20.1. The molecule has 6 nitrogen and oxygen atoms in total. The van der Waals surface area contributed by atoms with Gasteiger partial charge >= 0.3 is 0 Å². The molecule has 1 heterocycles. The van der Waals surface area contributed by atoms with Crippen LogP contribution in [0.15, 0.2) is 53.6 Å². The van der Waals surface area contributed by atoms with Crippen LogP contribution in [-0.2, 0) is 11.2 Å². The van der Waals surface area contributed by atoms with Crippen LogP contribution in [0, 0.1) is 0 Å². The van der Waals surface area contributed by atoms with Crippen molar-refractivity contribution in [2.24, 2.45) is 5.10 Å². The average Bonchev–Trinajstić information content (AvgIpc) is 3.09. The van der Waals surface area contributed by atoms with Crippen LogP contribution < -0.4 is 15.6 Å². The van der Waals surface area contributed by atoms with Crippen LogP contribution in [0.1, 0.15) is 43.1 Å². The number of carbonyl (C=O) groups is 2. The number of amides is 2. The van der Waals surface area contributed by atoms with E-state index in [1.54, 1.807) is 12.1 Å². The minimum atomic E-state index is -0.169. The molecule has 2 aromatic rings. The van der Waals surface area contributed by atoms with Crippen molar-refractivity contribution in [2.45, 2.75) is 39.7 Å². The lowest BCUT2D eigenvalue weighted by Gasteiger charge is -2.14. The molecule has 0 spiro atoms. The van der Waals surface area contributed by atoms with Gasteiger partial charge in [-0.15, -0.1) is 0 Å². The highest BCUT2D eigenvalue weighted by molar-refractivity contribution is 6.04. The van der Waals surface area contributed by atoms with E-state index in [2.05, 4.69) is 15.7 Å². The second-order valence-electron chi connectivity index (χ2n) is 7.31. The highest BCUT2D eigenvalue weighted by Crippen LogP contribution is 2.20. The van der Waals surface area contributed by atoms with E-state index >= 15 is 0 Å². The molecule has 0 aliphatic carbocycles. The molecule has 28 heavy (non-hydrogen) atoms. The summed E-state index contributed by atoms with van der Waals surface area (Å²) in [4.78, 5) is 24.3. The van der Waals surface area contributed by atoms with Crippen LogP contribution in [0.3, 0.4) is 0 Å². The largest absolute Gasteiger partial charge is 0.354 e. The molecule has 1 aliphatic heterocycles. The number of hydrazone groups is 1. The fourth-order valence-corrected chi connectivity index (χ4v) is 3.01. The van der Waals surface area contributed by atoms with Crippen molar-refractivity contribution >= 4 is 28.9 Å². The first kappa shape index (κ1) is 19.6. The van der Waals surface area contributed by atoms with E-state index in [0.717, 1.165) is 29.9 Å². The summed E-state index contributed by atoms with van der Waals surface area (Å²) in [6, 6.07) is 14.9. The van der Waals surface area contributed by atoms with E-state index in [0.29, 0.717) is 17.7 Å². The molecule has 0 saturated carbocycles. The van der Waals surface area contributed by atoms with E-state index in [1.807, 2.05) is 62.2 Å². The van der Waals surface area contributed by atoms with E-state index < -0.39 is 0 Å². The first-order valence-electron chi connectivity index (χ1n) is 9.52. The van der Waals surface area contributed by atoms with E-state index in [4.69, 9.17) is 0 Å². The summed E-state index contributed by atoms with van der Waals surface area (Å²) in [5.74, 6) is -0.178. The Morgan fingerprint density at radius 2 is 1.75 bits per heavy atom. The average molecular weight is 378 g/mol. The van der Waals surface area contributed by atoms with Gasteiger partial charge in [-0.25, -0.2) is 0 Å². The number of benzene rings is 2. The number of hydrogen-bond donors (Lipinski definition) is 2. The third-order valence-corrected chi connectivity index (χ3v) is 4.43. The first-order chi connectivity index (χ1) is 13.4. The molecule has 6 heteroatoms. The maximum atomic E-state index is 12.5. The molecular weight excluding hydrogens is 352 g/mol. The normalized spacial score (nSPS) is 13.4. The zero-order valence-electron chi connectivity index (χ0n) is 16.5. The molecule has 1 aliphatic rings. The lowest BCUT2D eigenvalue weighted by Crippen LogP contribution is -2.31. The minimum Gasteiger partial charge on any atom is -0.354 e. The number of anilines is 2. The molecule has 0 saturated heterocycles. The Morgan fingerprint density at radius 1 is 1.07 bits per heavy atom. The summed E-state index contributed by atoms with van der Waals surface area (Å²) < 4.78 is 0. The van der Waals surface area contributed by atoms with Gasteiger partial charge in [-0.2, -0.15) is 5.10 Å². The lowest BCUT2D eigenvalue weighted by molar-refractivity contribution is -0.120. The van der Waals surface area contributed by atoms with Gasteiger partial charge < -0.3 is 10.6 Å². The monoisotopic (exact) mass is 378 g/mol. The Hall–Kier alpha value is -3.15. The maximum absolute atomic E-state index is 12.5. The molecule has 2 aromatic carbocycles. The molecule has 0 fully saturated rings. The molecule has 146 valence electrons. The Morgan fingerprint density at radius 3 is 2.32 bits per heavy atom. The van der Waals surface area contributed by atoms with Crippen molar-refractivity contribution in [3.05, 3.63) is 59.7 Å². The Labute approximate surface area is 165 Å². The molecule has 3 rings (SSSR count). The van der Waals surface area contributed by atoms with Crippen molar-refractivity contribution in [1.82, 2.24) is 5.32 Å². The highest BCUT2D eigenvalue weighted by Gasteiger charge is 2.14. The minimum absolute atomic E-state index is 0.00981. The third-order valence-electron chi connectivity index (χ3n) is 4.43. The summed E-state index contributed by atoms with van der Waals surface area (Å²) in [5, 5.41) is 12.2. The number of rotatable bonds is 6. The van der Waals surface area contributed by atoms with Crippen molar-refractivity contribution in [2.75, 3.05) is 16.9 Å². The quantitative estimate of drug-likeness (QED) is 0.807. The summed E-state index contributed by atoms with van der Waals surface area (Å²) >= 11 is 0. The fourth-order valence-electron chi connectivity index (χ4n) is 3.01. The van der Waals surface area contributed by atoms with Gasteiger partial charge in [0.15, 0.2) is 0 Å². The van der Waals surface area contributed by atoms with E-state index in [1.165, 1.54) is 0 Å². The Bertz CT molecular complexity index is 870. The van der Waals surface area contributed by atoms with Crippen LogP contribution in [0.5, 0.6) is 0 Å². The number of nitrogens with one attached hydrogen (secondary N) is 2. The van der Waals surface area contributed by atoms with Crippen molar-refractivity contribution < 1.29 is 9.59 Å². The summed E-state index contributed by atoms with van der Waals surface area (Å²) in [5.41, 5.74) is 4.29. The zero-order valence-corrected chi connectivity index (χ0v) is 16.5. The number of carbonyl (C=O) groups excluding carboxylic acids is 2. The molecule has 2 N–H and O–H groups in total. The van der Waals surface area contributed by atoms with Crippen LogP contribution in [0.25, 0.3) is 0 Å². The molecule has 0 bridgehead atoms. The topological polar surface area (TPSA) is 73.8 Å². The van der Waals surface area contributed by atoms with Gasteiger partial charge in [-0.3, -0.25) is 14.6 Å². The fraction of sp³-hybridized carbons (Fsp3) is 0.318. The molecule has 0 radical (unpaired) electrons. The highest BCUT2D eigenvalue weighted by atomic mass is 16.2. The smallest absolute Gasteiger partial charge is 0.255 e. The van der Waals surface area contributed by atoms with Gasteiger partial charge in [0.25, 0.3) is 5.91 Å². The second kappa shape index (κ2) is 8.69. The lowest BCUT2D eigenvalue weighted by atomic mass is 10.1. The van der Waals surface area contributed by atoms with Gasteiger partial charge in [0.2, 0.25) is 5.91 Å². The molecular formula is C22H26N4O2. The van der Waals surface area contributed by atoms with Gasteiger partial charge in [0.1, 0.15) is 0 Å². The standard InChI is InChI=1S/C22H26N4O2/c1-15(2)23-21(27)14-17-4-8-19(9-5-17)24-22(28)18-6-10-20(11-7-18)26-13-12-16(3)25-26/h4-11,15H,12-14H2,1-3H3,(H,23,27)(H,24,28). The summed E-state index contributed by atoms with van der Waals surface area (Å²) in [7, 11) is 0. The maximum Gasteiger partial charge on any atom is 0.255 e. The molecule has 0 aromatic heterocycles. The van der Waals surface area contributed by atoms with Gasteiger partial charge in [0.05, 0.1) is 12.1 Å². The molecule has 2 amide bonds. The van der Waals surface area contributed by atoms with Gasteiger partial charge in [-0.1, -0.05) is 12.1 Å². The van der Waals surface area contributed by atoms with Crippen molar-refractivity contribution in [3.63, 3.8) is 0 Å². The SMILES string of the molecule is CC1=NN(c2ccc(C(=O)Nc3ccc(CC(=O)NC(C)C)cc3)cc2)CC1. The summed E-state index contributed by atoms with van der Waals surface area (Å²) in [6.45, 7) is 6.76. The Balaban J connectivity index is 1.57. The van der Waals surface area contributed by atoms with Crippen molar-refractivity contribution in [3.8, 4) is 0 Å². The van der Waals surface area contributed by atoms with Crippen LogP contribution in [0.4, 0.5) is 11.4 Å². The number of nitrogens with zero attached hydrogens (tertiary/aromatic N) is 2. The predicted molar refractivity (Wildman–Crippen MR) is 113 cm³/mol. The second-order valence-corrected chi connectivity index (χ2v) is 7.31. The van der Waals surface area contributed by atoms with E-state index in [9.17, 15) is 9.59 Å². The van der Waals surface area contributed by atoms with Crippen molar-refractivity contribution in [1.29, 1.82) is 0 Å². The van der Waals surface area contributed by atoms with E-state index in [-0.39, 0.29) is 17.9 Å². The molecule has 0 atom stereocenters. The van der Waals surface area contributed by atoms with Crippen LogP contribution in [0.2, 0.25) is 0 Å². The first-order valence-corrected chi connectivity index (χ1v) is 9.52. The number of hydrogen-bond acceptors (Lipinski definition) is 4. The van der Waals surface area contributed by atoms with Gasteiger partial charge in [0, 0.05) is 36.0 Å². The van der Waals surface area contributed by atoms with Crippen LogP contribution >= 0.6 is 0 Å². The van der Waals surface area contributed by atoms with Crippen LogP contribution in [-0.4, -0.2) is 30.1 Å². The van der Waals surface area contributed by atoms with Gasteiger partial charge in [-0.05, 0) is 62.7 Å². The third kappa shape index (κ3) is 5.19. The molecule has 0 unspecified atom stereocenters. The summed E-state index contributed by atoms with van der Waals surface area (Å²) in [6.07, 6.45) is 1.30. The Kier molecular flexibility index (Phi) is 6.09.